The van der Waals surface area contributed by atoms with Gasteiger partial charge in [-0.3, -0.25) is 4.79 Å². The van der Waals surface area contributed by atoms with Crippen LogP contribution in [0.15, 0.2) is 18.2 Å². The Morgan fingerprint density at radius 3 is 2.78 bits per heavy atom. The number of amides is 1. The molecule has 4 nitrogen and oxygen atoms in total. The van der Waals surface area contributed by atoms with Gasteiger partial charge in [0.25, 0.3) is 5.91 Å². The van der Waals surface area contributed by atoms with Gasteiger partial charge in [-0.1, -0.05) is 19.4 Å². The van der Waals surface area contributed by atoms with Crippen molar-refractivity contribution in [3.05, 3.63) is 29.3 Å². The fraction of sp³-hybridized carbons (Fsp3) is 0.500. The van der Waals surface area contributed by atoms with E-state index in [1.54, 1.807) is 25.1 Å². The number of aromatic hydroxyl groups is 1. The first-order valence-electron chi connectivity index (χ1n) is 6.27. The lowest BCUT2D eigenvalue weighted by Gasteiger charge is -2.15. The zero-order chi connectivity index (χ0) is 13.5. The highest BCUT2D eigenvalue weighted by Gasteiger charge is 2.13. The van der Waals surface area contributed by atoms with Crippen molar-refractivity contribution in [2.24, 2.45) is 5.92 Å². The molecule has 3 N–H and O–H groups in total. The number of phenolic OH excluding ortho intramolecular Hbond substituents is 1. The largest absolute Gasteiger partial charge is 0.508 e. The molecule has 0 radical (unpaired) electrons. The molecule has 1 aromatic carbocycles. The molecule has 0 aliphatic carbocycles. The normalized spacial score (nSPS) is 12.2. The Bertz CT molecular complexity index is 404. The number of phenols is 1. The summed E-state index contributed by atoms with van der Waals surface area (Å²) >= 11 is 0. The quantitative estimate of drug-likeness (QED) is 0.722. The topological polar surface area (TPSA) is 69.6 Å². The second-order valence-corrected chi connectivity index (χ2v) is 4.45. The van der Waals surface area contributed by atoms with Gasteiger partial charge < -0.3 is 15.5 Å². The molecule has 18 heavy (non-hydrogen) atoms. The van der Waals surface area contributed by atoms with E-state index in [-0.39, 0.29) is 24.2 Å². The minimum Gasteiger partial charge on any atom is -0.508 e. The molecule has 1 rings (SSSR count). The fourth-order valence-corrected chi connectivity index (χ4v) is 1.83. The van der Waals surface area contributed by atoms with E-state index < -0.39 is 0 Å². The van der Waals surface area contributed by atoms with Crippen molar-refractivity contribution in [1.82, 2.24) is 5.32 Å². The first-order chi connectivity index (χ1) is 8.60. The molecule has 1 amide bonds. The van der Waals surface area contributed by atoms with Crippen LogP contribution in [-0.4, -0.2) is 29.3 Å². The van der Waals surface area contributed by atoms with Gasteiger partial charge in [-0.05, 0) is 31.4 Å². The number of hydrogen-bond acceptors (Lipinski definition) is 3. The molecular formula is C14H21NO3. The highest BCUT2D eigenvalue weighted by Crippen LogP contribution is 2.19. The molecule has 0 bridgehead atoms. The van der Waals surface area contributed by atoms with Gasteiger partial charge in [0.15, 0.2) is 0 Å². The summed E-state index contributed by atoms with van der Waals surface area (Å²) < 4.78 is 0. The van der Waals surface area contributed by atoms with Crippen molar-refractivity contribution in [2.45, 2.75) is 26.7 Å². The predicted molar refractivity (Wildman–Crippen MR) is 70.7 cm³/mol. The van der Waals surface area contributed by atoms with E-state index in [4.69, 9.17) is 5.11 Å². The van der Waals surface area contributed by atoms with Crippen LogP contribution in [0.1, 0.15) is 35.7 Å². The average molecular weight is 251 g/mol. The molecule has 0 aliphatic heterocycles. The Hall–Kier alpha value is -1.55. The summed E-state index contributed by atoms with van der Waals surface area (Å²) in [6.45, 7) is 4.44. The summed E-state index contributed by atoms with van der Waals surface area (Å²) in [7, 11) is 0. The number of aliphatic hydroxyl groups excluding tert-OH is 1. The molecule has 0 fully saturated rings. The number of carbonyl (C=O) groups is 1. The zero-order valence-electron chi connectivity index (χ0n) is 10.9. The summed E-state index contributed by atoms with van der Waals surface area (Å²) in [6.07, 6.45) is 1.61. The molecule has 0 saturated carbocycles. The molecule has 4 heteroatoms. The van der Waals surface area contributed by atoms with Gasteiger partial charge in [0.1, 0.15) is 5.75 Å². The molecular weight excluding hydrogens is 230 g/mol. The molecule has 1 atom stereocenters. The summed E-state index contributed by atoms with van der Waals surface area (Å²) in [6, 6.07) is 4.91. The molecule has 0 aromatic heterocycles. The van der Waals surface area contributed by atoms with Crippen LogP contribution in [-0.2, 0) is 0 Å². The summed E-state index contributed by atoms with van der Waals surface area (Å²) in [4.78, 5) is 12.0. The predicted octanol–water partition coefficient (Wildman–Crippen LogP) is 1.84. The molecule has 100 valence electrons. The molecule has 0 saturated heterocycles. The summed E-state index contributed by atoms with van der Waals surface area (Å²) in [5.74, 6) is 0.237. The van der Waals surface area contributed by atoms with Crippen LogP contribution in [0.4, 0.5) is 0 Å². The molecule has 1 unspecified atom stereocenters. The standard InChI is InChI=1S/C14H21NO3/c1-3-11(7-8-16)9-15-14(18)12-5-4-6-13(17)10(12)2/h4-6,11,16-17H,3,7-9H2,1-2H3,(H,15,18). The van der Waals surface area contributed by atoms with Crippen LogP contribution in [0.25, 0.3) is 0 Å². The van der Waals surface area contributed by atoms with Crippen LogP contribution in [0.3, 0.4) is 0 Å². The lowest BCUT2D eigenvalue weighted by Crippen LogP contribution is -2.30. The van der Waals surface area contributed by atoms with Crippen LogP contribution in [0.2, 0.25) is 0 Å². The monoisotopic (exact) mass is 251 g/mol. The molecule has 1 aromatic rings. The fourth-order valence-electron chi connectivity index (χ4n) is 1.83. The van der Waals surface area contributed by atoms with E-state index in [9.17, 15) is 9.90 Å². The van der Waals surface area contributed by atoms with Gasteiger partial charge in [-0.2, -0.15) is 0 Å². The van der Waals surface area contributed by atoms with E-state index in [1.807, 2.05) is 6.92 Å². The number of aliphatic hydroxyl groups is 1. The highest BCUT2D eigenvalue weighted by atomic mass is 16.3. The maximum absolute atomic E-state index is 12.0. The van der Waals surface area contributed by atoms with Crippen molar-refractivity contribution < 1.29 is 15.0 Å². The SMILES string of the molecule is CCC(CCO)CNC(=O)c1cccc(O)c1C. The van der Waals surface area contributed by atoms with E-state index in [0.29, 0.717) is 24.1 Å². The third-order valence-electron chi connectivity index (χ3n) is 3.22. The number of hydrogen-bond donors (Lipinski definition) is 3. The van der Waals surface area contributed by atoms with Gasteiger partial charge in [0.2, 0.25) is 0 Å². The summed E-state index contributed by atoms with van der Waals surface area (Å²) in [5, 5.41) is 21.3. The second-order valence-electron chi connectivity index (χ2n) is 4.45. The third kappa shape index (κ3) is 3.74. The Kier molecular flexibility index (Phi) is 5.65. The lowest BCUT2D eigenvalue weighted by molar-refractivity contribution is 0.0942. The first kappa shape index (κ1) is 14.5. The van der Waals surface area contributed by atoms with Crippen LogP contribution in [0, 0.1) is 12.8 Å². The van der Waals surface area contributed by atoms with E-state index in [1.165, 1.54) is 0 Å². The zero-order valence-corrected chi connectivity index (χ0v) is 10.9. The Morgan fingerprint density at radius 2 is 2.17 bits per heavy atom. The maximum Gasteiger partial charge on any atom is 0.251 e. The number of benzene rings is 1. The minimum absolute atomic E-state index is 0.130. The second kappa shape index (κ2) is 7.01. The van der Waals surface area contributed by atoms with Gasteiger partial charge >= 0.3 is 0 Å². The Balaban J connectivity index is 2.62. The van der Waals surface area contributed by atoms with E-state index >= 15 is 0 Å². The van der Waals surface area contributed by atoms with Gasteiger partial charge in [0, 0.05) is 24.3 Å². The van der Waals surface area contributed by atoms with E-state index in [2.05, 4.69) is 5.32 Å². The third-order valence-corrected chi connectivity index (χ3v) is 3.22. The average Bonchev–Trinajstić information content (AvgIpc) is 2.37. The van der Waals surface area contributed by atoms with Gasteiger partial charge in [0.05, 0.1) is 0 Å². The van der Waals surface area contributed by atoms with Crippen molar-refractivity contribution in [3.8, 4) is 5.75 Å². The Labute approximate surface area is 108 Å². The van der Waals surface area contributed by atoms with Gasteiger partial charge in [-0.15, -0.1) is 0 Å². The minimum atomic E-state index is -0.181. The van der Waals surface area contributed by atoms with Crippen LogP contribution in [0.5, 0.6) is 5.75 Å². The molecule has 0 aliphatic rings. The Morgan fingerprint density at radius 1 is 1.44 bits per heavy atom. The molecule has 0 heterocycles. The van der Waals surface area contributed by atoms with E-state index in [0.717, 1.165) is 6.42 Å². The number of rotatable bonds is 6. The number of carbonyl (C=O) groups excluding carboxylic acids is 1. The smallest absolute Gasteiger partial charge is 0.251 e. The van der Waals surface area contributed by atoms with Crippen molar-refractivity contribution >= 4 is 5.91 Å². The van der Waals surface area contributed by atoms with Gasteiger partial charge in [-0.25, -0.2) is 0 Å². The van der Waals surface area contributed by atoms with Crippen molar-refractivity contribution in [3.63, 3.8) is 0 Å². The summed E-state index contributed by atoms with van der Waals surface area (Å²) in [5.41, 5.74) is 1.08. The lowest BCUT2D eigenvalue weighted by atomic mass is 10.0. The highest BCUT2D eigenvalue weighted by molar-refractivity contribution is 5.96. The van der Waals surface area contributed by atoms with Crippen molar-refractivity contribution in [1.29, 1.82) is 0 Å². The van der Waals surface area contributed by atoms with Crippen LogP contribution < -0.4 is 5.32 Å². The van der Waals surface area contributed by atoms with Crippen LogP contribution >= 0.6 is 0 Å². The molecule has 0 spiro atoms. The van der Waals surface area contributed by atoms with Crippen molar-refractivity contribution in [2.75, 3.05) is 13.2 Å². The maximum atomic E-state index is 12.0. The number of nitrogens with one attached hydrogen (secondary N) is 1. The first-order valence-corrected chi connectivity index (χ1v) is 6.27.